The molecule has 2 amide bonds. The second kappa shape index (κ2) is 7.23. The number of piperidine rings is 1. The number of fused-ring (bicyclic) bond motifs is 1. The van der Waals surface area contributed by atoms with Gasteiger partial charge in [-0.15, -0.1) is 0 Å². The quantitative estimate of drug-likeness (QED) is 0.865. The van der Waals surface area contributed by atoms with Crippen LogP contribution in [0.5, 0.6) is 0 Å². The number of hydrogen-bond donors (Lipinski definition) is 1. The monoisotopic (exact) mass is 347 g/mol. The van der Waals surface area contributed by atoms with Crippen molar-refractivity contribution in [2.75, 3.05) is 26.7 Å². The topological polar surface area (TPSA) is 92.4 Å². The van der Waals surface area contributed by atoms with E-state index in [9.17, 15) is 9.59 Å². The third-order valence-corrected chi connectivity index (χ3v) is 5.07. The first-order valence-electron chi connectivity index (χ1n) is 8.00. The molecule has 1 aromatic heterocycles. The minimum Gasteiger partial charge on any atom is -0.369 e. The van der Waals surface area contributed by atoms with E-state index in [1.54, 1.807) is 4.90 Å². The summed E-state index contributed by atoms with van der Waals surface area (Å²) < 4.78 is 8.41. The number of primary amides is 1. The average molecular weight is 347 g/mol. The van der Waals surface area contributed by atoms with E-state index in [1.807, 2.05) is 25.2 Å². The third kappa shape index (κ3) is 3.88. The average Bonchev–Trinajstić information content (AvgIpc) is 3.03. The maximum Gasteiger partial charge on any atom is 0.236 e. The largest absolute Gasteiger partial charge is 0.369 e. The summed E-state index contributed by atoms with van der Waals surface area (Å²) in [6, 6.07) is 5.88. The number of nitrogens with two attached hydrogens (primary N) is 1. The van der Waals surface area contributed by atoms with Crippen LogP contribution < -0.4 is 5.73 Å². The Labute approximate surface area is 144 Å². The van der Waals surface area contributed by atoms with Gasteiger partial charge in [0.05, 0.1) is 18.3 Å². The summed E-state index contributed by atoms with van der Waals surface area (Å²) in [5.74, 6) is -0.207. The summed E-state index contributed by atoms with van der Waals surface area (Å²) in [5.41, 5.74) is 8.13. The van der Waals surface area contributed by atoms with Gasteiger partial charge < -0.3 is 10.6 Å². The summed E-state index contributed by atoms with van der Waals surface area (Å²) in [6.45, 7) is 2.40. The van der Waals surface area contributed by atoms with Crippen molar-refractivity contribution in [2.45, 2.75) is 19.4 Å². The van der Waals surface area contributed by atoms with Crippen LogP contribution in [0.2, 0.25) is 0 Å². The fourth-order valence-corrected chi connectivity index (χ4v) is 3.49. The Morgan fingerprint density at radius 1 is 1.29 bits per heavy atom. The van der Waals surface area contributed by atoms with Gasteiger partial charge in [-0.2, -0.15) is 8.75 Å². The third-order valence-electron chi connectivity index (χ3n) is 4.51. The van der Waals surface area contributed by atoms with Crippen LogP contribution in [-0.4, -0.2) is 57.0 Å². The molecule has 3 rings (SSSR count). The molecular weight excluding hydrogens is 326 g/mol. The number of likely N-dealkylation sites (N-methyl/N-ethyl adjacent to an activating group) is 1. The van der Waals surface area contributed by atoms with Crippen LogP contribution in [0.1, 0.15) is 18.4 Å². The Bertz CT molecular complexity index is 739. The van der Waals surface area contributed by atoms with Gasteiger partial charge in [0.15, 0.2) is 0 Å². The smallest absolute Gasteiger partial charge is 0.236 e. The molecule has 2 aromatic rings. The standard InChI is InChI=1S/C16H21N5O2S/c1-20(9-11-2-3-13-14(8-11)19-24-18-13)15(22)10-21-6-4-12(5-7-21)16(17)23/h2-3,8,12H,4-7,9-10H2,1H3,(H2,17,23). The number of likely N-dealkylation sites (tertiary alicyclic amines) is 1. The Hall–Kier alpha value is -2.06. The number of rotatable bonds is 5. The molecule has 1 aliphatic heterocycles. The van der Waals surface area contributed by atoms with Gasteiger partial charge in [0.2, 0.25) is 11.8 Å². The van der Waals surface area contributed by atoms with Gasteiger partial charge in [0.25, 0.3) is 0 Å². The number of carbonyl (C=O) groups is 2. The molecule has 8 heteroatoms. The minimum absolute atomic E-state index is 0.0486. The summed E-state index contributed by atoms with van der Waals surface area (Å²) in [5, 5.41) is 0. The van der Waals surface area contributed by atoms with Crippen molar-refractivity contribution in [1.82, 2.24) is 18.5 Å². The van der Waals surface area contributed by atoms with E-state index in [2.05, 4.69) is 13.6 Å². The number of benzene rings is 1. The van der Waals surface area contributed by atoms with Crippen molar-refractivity contribution < 1.29 is 9.59 Å². The van der Waals surface area contributed by atoms with Gasteiger partial charge >= 0.3 is 0 Å². The van der Waals surface area contributed by atoms with Crippen LogP contribution in [-0.2, 0) is 16.1 Å². The Morgan fingerprint density at radius 3 is 2.71 bits per heavy atom. The normalized spacial score (nSPS) is 16.4. The molecule has 24 heavy (non-hydrogen) atoms. The highest BCUT2D eigenvalue weighted by Gasteiger charge is 2.24. The molecule has 0 aliphatic carbocycles. The van der Waals surface area contributed by atoms with Gasteiger partial charge in [-0.05, 0) is 43.6 Å². The lowest BCUT2D eigenvalue weighted by Crippen LogP contribution is -2.43. The Balaban J connectivity index is 1.52. The van der Waals surface area contributed by atoms with E-state index < -0.39 is 0 Å². The fourth-order valence-electron chi connectivity index (χ4n) is 2.98. The second-order valence-corrected chi connectivity index (χ2v) is 6.82. The Kier molecular flexibility index (Phi) is 5.06. The van der Waals surface area contributed by atoms with Crippen LogP contribution >= 0.6 is 11.7 Å². The zero-order valence-electron chi connectivity index (χ0n) is 13.6. The highest BCUT2D eigenvalue weighted by atomic mass is 32.1. The molecule has 2 N–H and O–H groups in total. The van der Waals surface area contributed by atoms with Gasteiger partial charge in [0.1, 0.15) is 11.0 Å². The van der Waals surface area contributed by atoms with Gasteiger partial charge in [-0.3, -0.25) is 14.5 Å². The molecule has 1 aromatic carbocycles. The summed E-state index contributed by atoms with van der Waals surface area (Å²) >= 11 is 1.19. The maximum atomic E-state index is 12.4. The van der Waals surface area contributed by atoms with E-state index >= 15 is 0 Å². The predicted molar refractivity (Wildman–Crippen MR) is 92.2 cm³/mol. The number of amides is 2. The summed E-state index contributed by atoms with van der Waals surface area (Å²) in [6.07, 6.45) is 1.47. The molecule has 128 valence electrons. The van der Waals surface area contributed by atoms with E-state index in [1.165, 1.54) is 11.7 Å². The highest BCUT2D eigenvalue weighted by molar-refractivity contribution is 7.00. The molecule has 7 nitrogen and oxygen atoms in total. The zero-order chi connectivity index (χ0) is 17.1. The van der Waals surface area contributed by atoms with E-state index in [4.69, 9.17) is 5.73 Å². The van der Waals surface area contributed by atoms with Crippen molar-refractivity contribution in [3.8, 4) is 0 Å². The molecule has 1 fully saturated rings. The molecule has 0 radical (unpaired) electrons. The van der Waals surface area contributed by atoms with E-state index in [0.29, 0.717) is 13.1 Å². The molecule has 0 bridgehead atoms. The van der Waals surface area contributed by atoms with Crippen molar-refractivity contribution >= 4 is 34.6 Å². The van der Waals surface area contributed by atoms with Crippen LogP contribution in [0.25, 0.3) is 11.0 Å². The molecule has 1 saturated heterocycles. The first kappa shape index (κ1) is 16.8. The van der Waals surface area contributed by atoms with E-state index in [-0.39, 0.29) is 17.7 Å². The summed E-state index contributed by atoms with van der Waals surface area (Å²) in [4.78, 5) is 27.4. The zero-order valence-corrected chi connectivity index (χ0v) is 14.5. The van der Waals surface area contributed by atoms with Crippen molar-refractivity contribution in [2.24, 2.45) is 11.7 Å². The van der Waals surface area contributed by atoms with Gasteiger partial charge in [-0.1, -0.05) is 6.07 Å². The van der Waals surface area contributed by atoms with Crippen molar-refractivity contribution in [1.29, 1.82) is 0 Å². The fraction of sp³-hybridized carbons (Fsp3) is 0.500. The number of aromatic nitrogens is 2. The lowest BCUT2D eigenvalue weighted by atomic mass is 9.96. The van der Waals surface area contributed by atoms with Crippen LogP contribution in [0.15, 0.2) is 18.2 Å². The number of hydrogen-bond acceptors (Lipinski definition) is 6. The van der Waals surface area contributed by atoms with Gasteiger partial charge in [-0.25, -0.2) is 0 Å². The van der Waals surface area contributed by atoms with Crippen LogP contribution in [0.4, 0.5) is 0 Å². The molecule has 0 atom stereocenters. The predicted octanol–water partition coefficient (Wildman–Crippen LogP) is 0.847. The number of carbonyl (C=O) groups excluding carboxylic acids is 2. The lowest BCUT2D eigenvalue weighted by molar-refractivity contribution is -0.132. The molecule has 0 saturated carbocycles. The van der Waals surface area contributed by atoms with Crippen molar-refractivity contribution in [3.63, 3.8) is 0 Å². The molecular formula is C16H21N5O2S. The second-order valence-electron chi connectivity index (χ2n) is 6.29. The Morgan fingerprint density at radius 2 is 2.00 bits per heavy atom. The first-order valence-corrected chi connectivity index (χ1v) is 8.73. The first-order chi connectivity index (χ1) is 11.5. The minimum atomic E-state index is -0.231. The van der Waals surface area contributed by atoms with E-state index in [0.717, 1.165) is 42.5 Å². The maximum absolute atomic E-state index is 12.4. The molecule has 0 spiro atoms. The van der Waals surface area contributed by atoms with Gasteiger partial charge in [0, 0.05) is 19.5 Å². The lowest BCUT2D eigenvalue weighted by Gasteiger charge is -2.31. The number of nitrogens with zero attached hydrogens (tertiary/aromatic N) is 4. The molecule has 1 aliphatic rings. The SMILES string of the molecule is CN(Cc1ccc2nsnc2c1)C(=O)CN1CCC(C(N)=O)CC1. The van der Waals surface area contributed by atoms with Crippen LogP contribution in [0.3, 0.4) is 0 Å². The highest BCUT2D eigenvalue weighted by Crippen LogP contribution is 2.17. The van der Waals surface area contributed by atoms with Crippen molar-refractivity contribution in [3.05, 3.63) is 23.8 Å². The van der Waals surface area contributed by atoms with Crippen LogP contribution in [0, 0.1) is 5.92 Å². The summed E-state index contributed by atoms with van der Waals surface area (Å²) in [7, 11) is 1.81. The molecule has 2 heterocycles. The molecule has 0 unspecified atom stereocenters.